The van der Waals surface area contributed by atoms with Crippen LogP contribution in [-0.4, -0.2) is 55.1 Å². The molecule has 1 aromatic carbocycles. The fourth-order valence-corrected chi connectivity index (χ4v) is 2.41. The molecule has 0 aromatic heterocycles. The molecular formula is C14H21Cl2NO3. The molecule has 0 amide bonds. The Morgan fingerprint density at radius 1 is 1.30 bits per heavy atom. The molecule has 4 nitrogen and oxygen atoms in total. The summed E-state index contributed by atoms with van der Waals surface area (Å²) in [4.78, 5) is 1.94. The number of nitrogens with zero attached hydrogens (tertiary/aromatic N) is 1. The smallest absolute Gasteiger partial charge is 0.0899 e. The van der Waals surface area contributed by atoms with Gasteiger partial charge < -0.3 is 19.8 Å². The molecule has 2 atom stereocenters. The molecule has 0 spiro atoms. The lowest BCUT2D eigenvalue weighted by atomic mass is 10.1. The topological polar surface area (TPSA) is 52.9 Å². The van der Waals surface area contributed by atoms with Crippen molar-refractivity contribution in [3.63, 3.8) is 0 Å². The minimum Gasteiger partial charge on any atom is -0.389 e. The minimum atomic E-state index is -0.678. The van der Waals surface area contributed by atoms with Gasteiger partial charge in [0.15, 0.2) is 0 Å². The molecule has 20 heavy (non-hydrogen) atoms. The van der Waals surface area contributed by atoms with Gasteiger partial charge in [0.1, 0.15) is 0 Å². The first-order valence-corrected chi connectivity index (χ1v) is 7.18. The zero-order valence-corrected chi connectivity index (χ0v) is 13.2. The van der Waals surface area contributed by atoms with E-state index in [9.17, 15) is 10.2 Å². The van der Waals surface area contributed by atoms with Gasteiger partial charge in [-0.05, 0) is 19.5 Å². The number of methoxy groups -OCH3 is 1. The summed E-state index contributed by atoms with van der Waals surface area (Å²) >= 11 is 12.0. The number of ether oxygens (including phenoxy) is 1. The largest absolute Gasteiger partial charge is 0.389 e. The standard InChI is InChI=1S/C14H21Cl2NO3/c1-17(8-10(18)9-20-2)7-6-13(19)11-4-3-5-12(15)14(11)16/h3-5,10,13,18-19H,6-9H2,1-2H3. The van der Waals surface area contributed by atoms with E-state index in [4.69, 9.17) is 27.9 Å². The van der Waals surface area contributed by atoms with Gasteiger partial charge in [0, 0.05) is 25.8 Å². The van der Waals surface area contributed by atoms with Crippen LogP contribution >= 0.6 is 23.2 Å². The Morgan fingerprint density at radius 2 is 2.00 bits per heavy atom. The lowest BCUT2D eigenvalue weighted by Crippen LogP contribution is -2.33. The van der Waals surface area contributed by atoms with E-state index in [0.29, 0.717) is 41.7 Å². The van der Waals surface area contributed by atoms with Crippen molar-refractivity contribution in [2.45, 2.75) is 18.6 Å². The molecule has 1 aromatic rings. The summed E-state index contributed by atoms with van der Waals surface area (Å²) in [6.07, 6.45) is -0.698. The average molecular weight is 322 g/mol. The number of likely N-dealkylation sites (N-methyl/N-ethyl adjacent to an activating group) is 1. The highest BCUT2D eigenvalue weighted by atomic mass is 35.5. The maximum Gasteiger partial charge on any atom is 0.0899 e. The molecule has 6 heteroatoms. The Labute approximate surface area is 129 Å². The zero-order valence-electron chi connectivity index (χ0n) is 11.7. The summed E-state index contributed by atoms with van der Waals surface area (Å²) < 4.78 is 4.87. The molecule has 0 bridgehead atoms. The molecule has 0 aliphatic rings. The van der Waals surface area contributed by atoms with Gasteiger partial charge >= 0.3 is 0 Å². The summed E-state index contributed by atoms with van der Waals surface area (Å²) in [6, 6.07) is 5.21. The van der Waals surface area contributed by atoms with E-state index in [1.807, 2.05) is 11.9 Å². The SMILES string of the molecule is COCC(O)CN(C)CCC(O)c1cccc(Cl)c1Cl. The van der Waals surface area contributed by atoms with Crippen molar-refractivity contribution < 1.29 is 14.9 Å². The normalized spacial score (nSPS) is 14.6. The van der Waals surface area contributed by atoms with Crippen molar-refractivity contribution >= 4 is 23.2 Å². The van der Waals surface area contributed by atoms with Crippen LogP contribution in [-0.2, 0) is 4.74 Å². The van der Waals surface area contributed by atoms with Crippen LogP contribution in [0.2, 0.25) is 10.0 Å². The van der Waals surface area contributed by atoms with E-state index in [0.717, 1.165) is 0 Å². The van der Waals surface area contributed by atoms with Crippen molar-refractivity contribution in [2.24, 2.45) is 0 Å². The van der Waals surface area contributed by atoms with Crippen LogP contribution in [0.3, 0.4) is 0 Å². The Morgan fingerprint density at radius 3 is 2.65 bits per heavy atom. The zero-order chi connectivity index (χ0) is 15.1. The van der Waals surface area contributed by atoms with Gasteiger partial charge in [0.05, 0.1) is 28.9 Å². The van der Waals surface area contributed by atoms with Gasteiger partial charge in [0.2, 0.25) is 0 Å². The quantitative estimate of drug-likeness (QED) is 0.771. The number of hydrogen-bond donors (Lipinski definition) is 2. The maximum atomic E-state index is 10.2. The summed E-state index contributed by atoms with van der Waals surface area (Å²) in [5, 5.41) is 20.6. The molecule has 1 rings (SSSR count). The summed E-state index contributed by atoms with van der Waals surface area (Å²) in [6.45, 7) is 1.42. The number of benzene rings is 1. The van der Waals surface area contributed by atoms with E-state index in [1.165, 1.54) is 0 Å². The van der Waals surface area contributed by atoms with E-state index in [2.05, 4.69) is 0 Å². The van der Waals surface area contributed by atoms with Crippen LogP contribution in [0.5, 0.6) is 0 Å². The molecule has 2 N–H and O–H groups in total. The fourth-order valence-electron chi connectivity index (χ4n) is 1.97. The Hall–Kier alpha value is -0.360. The highest BCUT2D eigenvalue weighted by Crippen LogP contribution is 2.31. The molecule has 2 unspecified atom stereocenters. The molecule has 0 saturated heterocycles. The fraction of sp³-hybridized carbons (Fsp3) is 0.571. The Bertz CT molecular complexity index is 417. The highest BCUT2D eigenvalue weighted by molar-refractivity contribution is 6.42. The maximum absolute atomic E-state index is 10.2. The third kappa shape index (κ3) is 5.56. The number of hydrogen-bond acceptors (Lipinski definition) is 4. The van der Waals surface area contributed by atoms with E-state index < -0.39 is 12.2 Å². The Kier molecular flexibility index (Phi) is 7.80. The van der Waals surface area contributed by atoms with Crippen LogP contribution in [0.15, 0.2) is 18.2 Å². The van der Waals surface area contributed by atoms with Gasteiger partial charge in [-0.15, -0.1) is 0 Å². The van der Waals surface area contributed by atoms with Crippen molar-refractivity contribution in [1.82, 2.24) is 4.90 Å². The molecule has 0 aliphatic carbocycles. The van der Waals surface area contributed by atoms with E-state index in [-0.39, 0.29) is 0 Å². The average Bonchev–Trinajstić information content (AvgIpc) is 2.39. The van der Waals surface area contributed by atoms with E-state index in [1.54, 1.807) is 25.3 Å². The highest BCUT2D eigenvalue weighted by Gasteiger charge is 2.15. The van der Waals surface area contributed by atoms with Crippen LogP contribution in [0.4, 0.5) is 0 Å². The van der Waals surface area contributed by atoms with Crippen LogP contribution in [0.1, 0.15) is 18.1 Å². The number of halogens is 2. The molecule has 0 aliphatic heterocycles. The predicted molar refractivity (Wildman–Crippen MR) is 81.4 cm³/mol. The van der Waals surface area contributed by atoms with Gasteiger partial charge in [-0.2, -0.15) is 0 Å². The number of aliphatic hydroxyl groups is 2. The summed E-state index contributed by atoms with van der Waals surface area (Å²) in [7, 11) is 3.43. The molecular weight excluding hydrogens is 301 g/mol. The van der Waals surface area contributed by atoms with Crippen molar-refractivity contribution in [2.75, 3.05) is 33.9 Å². The monoisotopic (exact) mass is 321 g/mol. The van der Waals surface area contributed by atoms with Crippen molar-refractivity contribution in [3.8, 4) is 0 Å². The molecule has 114 valence electrons. The second-order valence-corrected chi connectivity index (χ2v) is 5.60. The van der Waals surface area contributed by atoms with Crippen molar-refractivity contribution in [3.05, 3.63) is 33.8 Å². The lowest BCUT2D eigenvalue weighted by Gasteiger charge is -2.22. The number of rotatable bonds is 8. The van der Waals surface area contributed by atoms with Gasteiger partial charge in [-0.1, -0.05) is 35.3 Å². The second kappa shape index (κ2) is 8.82. The van der Waals surface area contributed by atoms with Gasteiger partial charge in [0.25, 0.3) is 0 Å². The van der Waals surface area contributed by atoms with Crippen LogP contribution in [0, 0.1) is 0 Å². The third-order valence-electron chi connectivity index (χ3n) is 3.01. The summed E-state index contributed by atoms with van der Waals surface area (Å²) in [5.41, 5.74) is 0.630. The minimum absolute atomic E-state index is 0.299. The van der Waals surface area contributed by atoms with Crippen molar-refractivity contribution in [1.29, 1.82) is 0 Å². The van der Waals surface area contributed by atoms with Gasteiger partial charge in [-0.3, -0.25) is 0 Å². The number of aliphatic hydroxyl groups excluding tert-OH is 2. The van der Waals surface area contributed by atoms with Crippen LogP contribution in [0.25, 0.3) is 0 Å². The second-order valence-electron chi connectivity index (χ2n) is 4.82. The molecule has 0 saturated carbocycles. The lowest BCUT2D eigenvalue weighted by molar-refractivity contribution is 0.0398. The van der Waals surface area contributed by atoms with E-state index >= 15 is 0 Å². The first-order valence-electron chi connectivity index (χ1n) is 6.43. The molecule has 0 heterocycles. The molecule has 0 radical (unpaired) electrons. The summed E-state index contributed by atoms with van der Waals surface area (Å²) in [5.74, 6) is 0. The Balaban J connectivity index is 2.46. The third-order valence-corrected chi connectivity index (χ3v) is 3.84. The predicted octanol–water partition coefficient (Wildman–Crippen LogP) is 2.36. The molecule has 0 fully saturated rings. The first-order chi connectivity index (χ1) is 9.45. The van der Waals surface area contributed by atoms with Gasteiger partial charge in [-0.25, -0.2) is 0 Å². The van der Waals surface area contributed by atoms with Crippen LogP contribution < -0.4 is 0 Å². The first kappa shape index (κ1) is 17.7.